The highest BCUT2D eigenvalue weighted by atomic mass is 16.5. The Morgan fingerprint density at radius 2 is 2.12 bits per heavy atom. The molecule has 0 aliphatic carbocycles. The highest BCUT2D eigenvalue weighted by Gasteiger charge is 2.19. The minimum Gasteiger partial charge on any atom is -0.471 e. The van der Waals surface area contributed by atoms with Crippen LogP contribution < -0.4 is 20.3 Å². The number of hydrogen-bond donors (Lipinski definition) is 2. The number of hydrogen-bond acceptors (Lipinski definition) is 8. The lowest BCUT2D eigenvalue weighted by Crippen LogP contribution is -2.36. The Bertz CT molecular complexity index is 1090. The monoisotopic (exact) mass is 435 g/mol. The summed E-state index contributed by atoms with van der Waals surface area (Å²) in [5.74, 6) is 0.616. The second kappa shape index (κ2) is 9.92. The quantitative estimate of drug-likeness (QED) is 0.520. The van der Waals surface area contributed by atoms with Crippen LogP contribution in [0.3, 0.4) is 0 Å². The van der Waals surface area contributed by atoms with E-state index in [9.17, 15) is 4.79 Å². The summed E-state index contributed by atoms with van der Waals surface area (Å²) in [4.78, 5) is 22.8. The highest BCUT2D eigenvalue weighted by Crippen LogP contribution is 2.29. The summed E-state index contributed by atoms with van der Waals surface area (Å²) < 4.78 is 13.3. The van der Waals surface area contributed by atoms with Gasteiger partial charge in [0.1, 0.15) is 12.3 Å². The first kappa shape index (κ1) is 21.3. The van der Waals surface area contributed by atoms with Crippen LogP contribution in [0.1, 0.15) is 5.56 Å². The summed E-state index contributed by atoms with van der Waals surface area (Å²) in [7, 11) is 1.84. The van der Waals surface area contributed by atoms with Gasteiger partial charge >= 0.3 is 0 Å². The van der Waals surface area contributed by atoms with Crippen molar-refractivity contribution in [1.29, 1.82) is 0 Å². The molecular weight excluding hydrogens is 410 g/mol. The lowest BCUT2D eigenvalue weighted by molar-refractivity contribution is -0.111. The first-order valence-corrected chi connectivity index (χ1v) is 10.2. The zero-order valence-electron chi connectivity index (χ0n) is 17.8. The van der Waals surface area contributed by atoms with E-state index in [1.165, 1.54) is 6.08 Å². The minimum atomic E-state index is -0.264. The van der Waals surface area contributed by atoms with E-state index < -0.39 is 0 Å². The topological polar surface area (TPSA) is 106 Å². The first-order chi connectivity index (χ1) is 15.6. The molecule has 0 bridgehead atoms. The summed E-state index contributed by atoms with van der Waals surface area (Å²) in [6, 6.07) is 7.44. The Morgan fingerprint density at radius 3 is 2.88 bits per heavy atom. The fourth-order valence-corrected chi connectivity index (χ4v) is 3.25. The van der Waals surface area contributed by atoms with Gasteiger partial charge in [0, 0.05) is 32.0 Å². The number of amides is 1. The number of carbonyl (C=O) groups is 1. The molecule has 10 nitrogen and oxygen atoms in total. The van der Waals surface area contributed by atoms with E-state index in [0.29, 0.717) is 30.7 Å². The van der Waals surface area contributed by atoms with Crippen LogP contribution in [0.5, 0.6) is 5.88 Å². The average molecular weight is 435 g/mol. The molecule has 3 aromatic rings. The molecule has 1 fully saturated rings. The second-order valence-electron chi connectivity index (χ2n) is 7.19. The average Bonchev–Trinajstić information content (AvgIpc) is 3.23. The van der Waals surface area contributed by atoms with Crippen molar-refractivity contribution in [2.75, 3.05) is 41.8 Å². The van der Waals surface area contributed by atoms with Gasteiger partial charge in [-0.2, -0.15) is 10.1 Å². The van der Waals surface area contributed by atoms with E-state index in [2.05, 4.69) is 37.2 Å². The predicted octanol–water partition coefficient (Wildman–Crippen LogP) is 2.49. The smallest absolute Gasteiger partial charge is 0.247 e. The number of nitrogens with one attached hydrogen (secondary N) is 2. The van der Waals surface area contributed by atoms with Crippen LogP contribution in [-0.4, -0.2) is 52.0 Å². The largest absolute Gasteiger partial charge is 0.471 e. The van der Waals surface area contributed by atoms with Crippen molar-refractivity contribution in [1.82, 2.24) is 19.7 Å². The van der Waals surface area contributed by atoms with Crippen molar-refractivity contribution >= 4 is 28.9 Å². The maximum atomic E-state index is 11.6. The molecule has 166 valence electrons. The molecule has 1 aromatic carbocycles. The maximum Gasteiger partial charge on any atom is 0.247 e. The predicted molar refractivity (Wildman–Crippen MR) is 121 cm³/mol. The molecule has 0 saturated carbocycles. The third kappa shape index (κ3) is 5.41. The number of benzene rings is 1. The number of ether oxygens (including phenoxy) is 2. The SMILES string of the molecule is C=CC(=O)Nc1cccc(COc2nc(Nc3cnn(C)c3)ncc2N2CCOCC2)c1. The van der Waals surface area contributed by atoms with Crippen LogP contribution in [-0.2, 0) is 23.2 Å². The van der Waals surface area contributed by atoms with Crippen molar-refractivity contribution < 1.29 is 14.3 Å². The van der Waals surface area contributed by atoms with Gasteiger partial charge in [0.2, 0.25) is 17.7 Å². The maximum absolute atomic E-state index is 11.6. The molecule has 1 amide bonds. The summed E-state index contributed by atoms with van der Waals surface area (Å²) in [5, 5.41) is 10.0. The fraction of sp³-hybridized carbons (Fsp3) is 0.273. The molecule has 0 unspecified atom stereocenters. The van der Waals surface area contributed by atoms with Crippen molar-refractivity contribution in [3.63, 3.8) is 0 Å². The normalized spacial score (nSPS) is 13.5. The number of aromatic nitrogens is 4. The molecule has 1 aliphatic rings. The molecule has 10 heteroatoms. The van der Waals surface area contributed by atoms with Gasteiger partial charge < -0.3 is 25.0 Å². The van der Waals surface area contributed by atoms with Crippen LogP contribution in [0.2, 0.25) is 0 Å². The number of carbonyl (C=O) groups excluding carboxylic acids is 1. The molecule has 1 saturated heterocycles. The van der Waals surface area contributed by atoms with Gasteiger partial charge in [-0.1, -0.05) is 18.7 Å². The first-order valence-electron chi connectivity index (χ1n) is 10.2. The van der Waals surface area contributed by atoms with Crippen molar-refractivity contribution in [2.45, 2.75) is 6.61 Å². The van der Waals surface area contributed by atoms with Crippen LogP contribution in [0.15, 0.2) is 55.5 Å². The highest BCUT2D eigenvalue weighted by molar-refractivity contribution is 5.98. The van der Waals surface area contributed by atoms with E-state index in [0.717, 1.165) is 30.0 Å². The molecule has 2 aromatic heterocycles. The lowest BCUT2D eigenvalue weighted by atomic mass is 10.2. The number of nitrogens with zero attached hydrogens (tertiary/aromatic N) is 5. The second-order valence-corrected chi connectivity index (χ2v) is 7.19. The Hall–Kier alpha value is -3.92. The molecular formula is C22H25N7O3. The van der Waals surface area contributed by atoms with E-state index in [1.807, 2.05) is 37.5 Å². The van der Waals surface area contributed by atoms with Crippen LogP contribution in [0.4, 0.5) is 23.0 Å². The van der Waals surface area contributed by atoms with Gasteiger partial charge in [-0.25, -0.2) is 4.98 Å². The van der Waals surface area contributed by atoms with E-state index in [4.69, 9.17) is 9.47 Å². The molecule has 1 aliphatic heterocycles. The van der Waals surface area contributed by atoms with Crippen LogP contribution >= 0.6 is 0 Å². The standard InChI is InChI=1S/C22H25N7O3/c1-3-20(30)25-17-6-4-5-16(11-17)15-32-21-19(29-7-9-31-10-8-29)13-23-22(27-21)26-18-12-24-28(2)14-18/h3-6,11-14H,1,7-10,15H2,2H3,(H,25,30)(H,23,26,27). The van der Waals surface area contributed by atoms with Crippen LogP contribution in [0.25, 0.3) is 0 Å². The van der Waals surface area contributed by atoms with E-state index >= 15 is 0 Å². The number of rotatable bonds is 8. The summed E-state index contributed by atoms with van der Waals surface area (Å²) in [6.07, 6.45) is 6.52. The summed E-state index contributed by atoms with van der Waals surface area (Å²) in [6.45, 7) is 6.50. The van der Waals surface area contributed by atoms with Crippen molar-refractivity contribution in [2.24, 2.45) is 7.05 Å². The van der Waals surface area contributed by atoms with Gasteiger partial charge in [-0.15, -0.1) is 0 Å². The Labute approximate surface area is 185 Å². The third-order valence-electron chi connectivity index (χ3n) is 4.80. The summed E-state index contributed by atoms with van der Waals surface area (Å²) in [5.41, 5.74) is 3.15. The molecule has 4 rings (SSSR count). The van der Waals surface area contributed by atoms with Gasteiger partial charge in [0.25, 0.3) is 0 Å². The van der Waals surface area contributed by atoms with Gasteiger partial charge in [-0.3, -0.25) is 9.48 Å². The molecule has 2 N–H and O–H groups in total. The van der Waals surface area contributed by atoms with Gasteiger partial charge in [-0.05, 0) is 23.8 Å². The zero-order valence-corrected chi connectivity index (χ0v) is 17.8. The lowest BCUT2D eigenvalue weighted by Gasteiger charge is -2.29. The van der Waals surface area contributed by atoms with E-state index in [-0.39, 0.29) is 12.5 Å². The molecule has 0 radical (unpaired) electrons. The molecule has 0 atom stereocenters. The van der Waals surface area contributed by atoms with Gasteiger partial charge in [0.15, 0.2) is 0 Å². The fourth-order valence-electron chi connectivity index (χ4n) is 3.25. The Kier molecular flexibility index (Phi) is 6.61. The third-order valence-corrected chi connectivity index (χ3v) is 4.80. The van der Waals surface area contributed by atoms with Crippen molar-refractivity contribution in [3.05, 3.63) is 61.1 Å². The summed E-state index contributed by atoms with van der Waals surface area (Å²) >= 11 is 0. The molecule has 0 spiro atoms. The number of anilines is 4. The van der Waals surface area contributed by atoms with Crippen LogP contribution in [0, 0.1) is 0 Å². The zero-order chi connectivity index (χ0) is 22.3. The minimum absolute atomic E-state index is 0.264. The van der Waals surface area contributed by atoms with Crippen molar-refractivity contribution in [3.8, 4) is 5.88 Å². The van der Waals surface area contributed by atoms with E-state index in [1.54, 1.807) is 17.1 Å². The molecule has 32 heavy (non-hydrogen) atoms. The Balaban J connectivity index is 1.54. The molecule has 3 heterocycles. The number of aryl methyl sites for hydroxylation is 1. The number of morpholine rings is 1. The van der Waals surface area contributed by atoms with Gasteiger partial charge in [0.05, 0.1) is 31.3 Å². The Morgan fingerprint density at radius 1 is 1.28 bits per heavy atom.